The molecule has 1 heteroatoms. The Morgan fingerprint density at radius 3 is 1.20 bits per heavy atom. The number of benzene rings is 2. The molecule has 0 N–H and O–H groups in total. The van der Waals surface area contributed by atoms with Crippen LogP contribution in [0.5, 0.6) is 0 Å². The first-order chi connectivity index (χ1) is 11.7. The van der Waals surface area contributed by atoms with Crippen LogP contribution in [0.3, 0.4) is 0 Å². The maximum absolute atomic E-state index is 2.20. The molecule has 0 amide bonds. The minimum absolute atomic E-state index is 0. The van der Waals surface area contributed by atoms with Crippen LogP contribution in [0, 0.1) is 13.8 Å². The third-order valence-electron chi connectivity index (χ3n) is 4.03. The SMILES string of the molecule is Cc1cccc(-[c-]2cccc2)c1.Cc1cccc(-[c-]2cccc2)c1.[Ti+2]. The molecule has 4 aromatic carbocycles. The van der Waals surface area contributed by atoms with Gasteiger partial charge in [0, 0.05) is 0 Å². The second kappa shape index (κ2) is 9.37. The van der Waals surface area contributed by atoms with Gasteiger partial charge in [0.25, 0.3) is 0 Å². The van der Waals surface area contributed by atoms with Crippen molar-refractivity contribution in [1.82, 2.24) is 0 Å². The molecule has 0 aliphatic carbocycles. The first-order valence-electron chi connectivity index (χ1n) is 8.30. The van der Waals surface area contributed by atoms with Crippen LogP contribution in [0.25, 0.3) is 22.3 Å². The predicted octanol–water partition coefficient (Wildman–Crippen LogP) is 6.76. The van der Waals surface area contributed by atoms with Gasteiger partial charge in [0.15, 0.2) is 0 Å². The summed E-state index contributed by atoms with van der Waals surface area (Å²) >= 11 is 0. The van der Waals surface area contributed by atoms with Crippen molar-refractivity contribution in [3.8, 4) is 22.3 Å². The van der Waals surface area contributed by atoms with Gasteiger partial charge in [-0.3, -0.25) is 0 Å². The maximum atomic E-state index is 2.20. The first kappa shape index (κ1) is 19.2. The van der Waals surface area contributed by atoms with E-state index in [1.165, 1.54) is 33.4 Å². The van der Waals surface area contributed by atoms with Crippen LogP contribution >= 0.6 is 0 Å². The van der Waals surface area contributed by atoms with Crippen molar-refractivity contribution in [3.63, 3.8) is 0 Å². The summed E-state index contributed by atoms with van der Waals surface area (Å²) in [6.07, 6.45) is 0. The van der Waals surface area contributed by atoms with Gasteiger partial charge in [-0.25, -0.2) is 0 Å². The Labute approximate surface area is 165 Å². The van der Waals surface area contributed by atoms with Crippen LogP contribution in [-0.4, -0.2) is 0 Å². The Kier molecular flexibility index (Phi) is 7.19. The Bertz CT molecular complexity index is 792. The molecule has 4 rings (SSSR count). The molecule has 4 aromatic rings. The molecule has 0 spiro atoms. The monoisotopic (exact) mass is 358 g/mol. The Morgan fingerprint density at radius 2 is 0.880 bits per heavy atom. The van der Waals surface area contributed by atoms with Gasteiger partial charge in [-0.1, -0.05) is 46.5 Å². The van der Waals surface area contributed by atoms with Gasteiger partial charge >= 0.3 is 21.7 Å². The molecule has 0 aliphatic rings. The van der Waals surface area contributed by atoms with E-state index in [0.29, 0.717) is 0 Å². The van der Waals surface area contributed by atoms with E-state index in [9.17, 15) is 0 Å². The number of hydrogen-bond donors (Lipinski definition) is 0. The average Bonchev–Trinajstić information content (AvgIpc) is 3.29. The third-order valence-corrected chi connectivity index (χ3v) is 4.03. The van der Waals surface area contributed by atoms with E-state index in [2.05, 4.69) is 111 Å². The molecule has 0 atom stereocenters. The van der Waals surface area contributed by atoms with E-state index in [-0.39, 0.29) is 21.7 Å². The van der Waals surface area contributed by atoms with E-state index in [0.717, 1.165) is 0 Å². The minimum atomic E-state index is 0. The molecule has 25 heavy (non-hydrogen) atoms. The van der Waals surface area contributed by atoms with Gasteiger partial charge in [0.1, 0.15) is 0 Å². The summed E-state index contributed by atoms with van der Waals surface area (Å²) in [5.74, 6) is 0. The van der Waals surface area contributed by atoms with Crippen LogP contribution in [0.2, 0.25) is 0 Å². The van der Waals surface area contributed by atoms with E-state index in [4.69, 9.17) is 0 Å². The summed E-state index contributed by atoms with van der Waals surface area (Å²) in [6, 6.07) is 33.9. The third kappa shape index (κ3) is 5.42. The molecule has 122 valence electrons. The number of hydrogen-bond acceptors (Lipinski definition) is 0. The molecular formula is C24H22Ti. The van der Waals surface area contributed by atoms with Gasteiger partial charge in [0.05, 0.1) is 0 Å². The van der Waals surface area contributed by atoms with Crippen molar-refractivity contribution < 1.29 is 21.7 Å². The van der Waals surface area contributed by atoms with E-state index >= 15 is 0 Å². The van der Waals surface area contributed by atoms with E-state index in [1.807, 2.05) is 0 Å². The van der Waals surface area contributed by atoms with Gasteiger partial charge in [0.2, 0.25) is 0 Å². The van der Waals surface area contributed by atoms with Gasteiger partial charge in [-0.15, -0.1) is 59.7 Å². The maximum Gasteiger partial charge on any atom is 2.00 e. The topological polar surface area (TPSA) is 0 Å². The van der Waals surface area contributed by atoms with Crippen LogP contribution in [-0.2, 0) is 21.7 Å². The molecule has 0 unspecified atom stereocenters. The summed E-state index contributed by atoms with van der Waals surface area (Å²) in [7, 11) is 0. The summed E-state index contributed by atoms with van der Waals surface area (Å²) in [6.45, 7) is 4.24. The molecular weight excluding hydrogens is 336 g/mol. The molecule has 0 nitrogen and oxygen atoms in total. The fourth-order valence-electron chi connectivity index (χ4n) is 2.78. The predicted molar refractivity (Wildman–Crippen MR) is 104 cm³/mol. The first-order valence-corrected chi connectivity index (χ1v) is 8.30. The molecule has 0 saturated heterocycles. The number of rotatable bonds is 2. The summed E-state index contributed by atoms with van der Waals surface area (Å²) < 4.78 is 0. The van der Waals surface area contributed by atoms with Crippen molar-refractivity contribution in [1.29, 1.82) is 0 Å². The fourth-order valence-corrected chi connectivity index (χ4v) is 2.78. The fraction of sp³-hybridized carbons (Fsp3) is 0.0833. The second-order valence-corrected chi connectivity index (χ2v) is 6.09. The zero-order valence-electron chi connectivity index (χ0n) is 14.7. The average molecular weight is 358 g/mol. The van der Waals surface area contributed by atoms with Crippen LogP contribution in [0.15, 0.2) is 97.1 Å². The van der Waals surface area contributed by atoms with Crippen molar-refractivity contribution in [2.24, 2.45) is 0 Å². The summed E-state index contributed by atoms with van der Waals surface area (Å²) in [5.41, 5.74) is 7.85. The van der Waals surface area contributed by atoms with Crippen molar-refractivity contribution in [2.45, 2.75) is 13.8 Å². The van der Waals surface area contributed by atoms with Crippen molar-refractivity contribution >= 4 is 0 Å². The Balaban J connectivity index is 0.000000173. The van der Waals surface area contributed by atoms with Gasteiger partial charge in [-0.05, 0) is 13.8 Å². The molecule has 0 fully saturated rings. The van der Waals surface area contributed by atoms with E-state index < -0.39 is 0 Å². The zero-order valence-corrected chi connectivity index (χ0v) is 16.3. The smallest absolute Gasteiger partial charge is 0.152 e. The van der Waals surface area contributed by atoms with Gasteiger partial charge < -0.3 is 0 Å². The summed E-state index contributed by atoms with van der Waals surface area (Å²) in [4.78, 5) is 0. The zero-order chi connectivity index (χ0) is 16.8. The normalized spacial score (nSPS) is 9.68. The van der Waals surface area contributed by atoms with Crippen LogP contribution in [0.4, 0.5) is 0 Å². The molecule has 0 aliphatic heterocycles. The molecule has 0 heterocycles. The van der Waals surface area contributed by atoms with E-state index in [1.54, 1.807) is 0 Å². The van der Waals surface area contributed by atoms with Gasteiger partial charge in [-0.2, -0.15) is 24.3 Å². The largest absolute Gasteiger partial charge is 2.00 e. The molecule has 0 aromatic heterocycles. The summed E-state index contributed by atoms with van der Waals surface area (Å²) in [5, 5.41) is 0. The van der Waals surface area contributed by atoms with Crippen LogP contribution in [0.1, 0.15) is 11.1 Å². The molecule has 0 bridgehead atoms. The Morgan fingerprint density at radius 1 is 0.520 bits per heavy atom. The van der Waals surface area contributed by atoms with Crippen LogP contribution < -0.4 is 0 Å². The minimum Gasteiger partial charge on any atom is -0.152 e. The molecule has 0 radical (unpaired) electrons. The Hall–Kier alpha value is -2.15. The molecule has 0 saturated carbocycles. The quantitative estimate of drug-likeness (QED) is 0.274. The van der Waals surface area contributed by atoms with Crippen molar-refractivity contribution in [2.75, 3.05) is 0 Å². The standard InChI is InChI=1S/2C12H11.Ti/c2*1-10-5-4-8-12(9-10)11-6-2-3-7-11;/h2*2-9H,1H3;/q2*-1;+2. The van der Waals surface area contributed by atoms with Crippen molar-refractivity contribution in [3.05, 3.63) is 108 Å². The second-order valence-electron chi connectivity index (χ2n) is 6.09. The number of aryl methyl sites for hydroxylation is 2.